The lowest BCUT2D eigenvalue weighted by atomic mass is 10.1. The lowest BCUT2D eigenvalue weighted by molar-refractivity contribution is -0.120. The lowest BCUT2D eigenvalue weighted by Crippen LogP contribution is -2.31. The molecule has 5 N–H and O–H groups in total. The Morgan fingerprint density at radius 1 is 1.19 bits per heavy atom. The number of halogens is 1. The van der Waals surface area contributed by atoms with Gasteiger partial charge in [0.2, 0.25) is 5.91 Å². The molecule has 110 valence electrons. The van der Waals surface area contributed by atoms with E-state index in [0.717, 1.165) is 16.0 Å². The summed E-state index contributed by atoms with van der Waals surface area (Å²) >= 11 is 7.57. The Bertz CT molecular complexity index is 649. The number of benzene rings is 2. The molecule has 0 spiro atoms. The summed E-state index contributed by atoms with van der Waals surface area (Å²) in [6.45, 7) is 0. The molecule has 0 aliphatic carbocycles. The van der Waals surface area contributed by atoms with Gasteiger partial charge in [0.05, 0.1) is 6.42 Å². The third-order valence-electron chi connectivity index (χ3n) is 2.99. The Kier molecular flexibility index (Phi) is 5.50. The van der Waals surface area contributed by atoms with E-state index in [1.54, 1.807) is 23.9 Å². The second kappa shape index (κ2) is 7.36. The first-order valence-corrected chi connectivity index (χ1v) is 7.70. The maximum Gasteiger partial charge on any atom is 0.238 e. The number of amides is 1. The van der Waals surface area contributed by atoms with E-state index in [1.165, 1.54) is 0 Å². The third kappa shape index (κ3) is 4.39. The Hall–Kier alpha value is -1.69. The van der Waals surface area contributed by atoms with E-state index in [9.17, 15) is 4.79 Å². The van der Waals surface area contributed by atoms with Gasteiger partial charge in [-0.3, -0.25) is 10.2 Å². The van der Waals surface area contributed by atoms with Crippen LogP contribution in [0.3, 0.4) is 0 Å². The predicted octanol–water partition coefficient (Wildman–Crippen LogP) is 2.75. The van der Waals surface area contributed by atoms with Gasteiger partial charge < -0.3 is 5.73 Å². The number of thioether (sulfide) groups is 1. The maximum absolute atomic E-state index is 11.4. The average molecular weight is 322 g/mol. The molecular formula is C15H16ClN3OS. The molecule has 0 unspecified atom stereocenters. The van der Waals surface area contributed by atoms with Crippen molar-refractivity contribution < 1.29 is 4.79 Å². The number of nitrogens with one attached hydrogen (secondary N) is 1. The smallest absolute Gasteiger partial charge is 0.238 e. The highest BCUT2D eigenvalue weighted by atomic mass is 35.5. The number of carbonyl (C=O) groups excluding carboxylic acids is 1. The summed E-state index contributed by atoms with van der Waals surface area (Å²) in [6.07, 6.45) is 0.262. The zero-order chi connectivity index (χ0) is 15.2. The highest BCUT2D eigenvalue weighted by molar-refractivity contribution is 7.98. The van der Waals surface area contributed by atoms with Crippen molar-refractivity contribution in [2.45, 2.75) is 17.1 Å². The van der Waals surface area contributed by atoms with Crippen molar-refractivity contribution in [1.82, 2.24) is 5.43 Å². The zero-order valence-corrected chi connectivity index (χ0v) is 12.9. The second-order valence-corrected chi connectivity index (χ2v) is 5.94. The summed E-state index contributed by atoms with van der Waals surface area (Å²) in [5, 5.41) is 0.655. The molecule has 0 bridgehead atoms. The Morgan fingerprint density at radius 3 is 2.62 bits per heavy atom. The van der Waals surface area contributed by atoms with Gasteiger partial charge >= 0.3 is 0 Å². The fourth-order valence-corrected chi connectivity index (χ4v) is 3.16. The minimum Gasteiger partial charge on any atom is -0.398 e. The van der Waals surface area contributed by atoms with Crippen LogP contribution in [0, 0.1) is 0 Å². The molecular weight excluding hydrogens is 306 g/mol. The number of hydrogen-bond donors (Lipinski definition) is 3. The molecule has 0 aliphatic rings. The first kappa shape index (κ1) is 15.7. The summed E-state index contributed by atoms with van der Waals surface area (Å²) in [5.41, 5.74) is 10.8. The first-order chi connectivity index (χ1) is 10.1. The van der Waals surface area contributed by atoms with Gasteiger partial charge in [-0.1, -0.05) is 35.9 Å². The van der Waals surface area contributed by atoms with Gasteiger partial charge in [0.15, 0.2) is 0 Å². The number of rotatable bonds is 5. The van der Waals surface area contributed by atoms with Crippen molar-refractivity contribution in [3.63, 3.8) is 0 Å². The monoisotopic (exact) mass is 321 g/mol. The number of carbonyl (C=O) groups is 1. The van der Waals surface area contributed by atoms with Crippen LogP contribution in [0.4, 0.5) is 5.69 Å². The molecule has 2 rings (SSSR count). The first-order valence-electron chi connectivity index (χ1n) is 6.34. The summed E-state index contributed by atoms with van der Waals surface area (Å²) < 4.78 is 0. The van der Waals surface area contributed by atoms with Crippen LogP contribution in [-0.4, -0.2) is 5.91 Å². The van der Waals surface area contributed by atoms with Gasteiger partial charge in [-0.15, -0.1) is 11.8 Å². The van der Waals surface area contributed by atoms with Crippen LogP contribution in [0.1, 0.15) is 11.1 Å². The van der Waals surface area contributed by atoms with Gasteiger partial charge in [-0.2, -0.15) is 0 Å². The van der Waals surface area contributed by atoms with Crippen LogP contribution in [0.5, 0.6) is 0 Å². The van der Waals surface area contributed by atoms with Crippen molar-refractivity contribution in [3.8, 4) is 0 Å². The van der Waals surface area contributed by atoms with Gasteiger partial charge in [0, 0.05) is 21.4 Å². The number of nitrogens with two attached hydrogens (primary N) is 2. The van der Waals surface area contributed by atoms with Gasteiger partial charge in [-0.05, 0) is 29.3 Å². The summed E-state index contributed by atoms with van der Waals surface area (Å²) in [4.78, 5) is 12.4. The topological polar surface area (TPSA) is 81.1 Å². The standard InChI is InChI=1S/C15H16ClN3OS/c16-12-5-6-13(17)14(8-12)21-9-11-4-2-1-3-10(11)7-15(20)19-18/h1-6,8H,7,9,17-18H2,(H,19,20). The molecule has 0 radical (unpaired) electrons. The molecule has 0 fully saturated rings. The Labute approximate surface area is 132 Å². The fraction of sp³-hybridized carbons (Fsp3) is 0.133. The number of hydrazine groups is 1. The minimum absolute atomic E-state index is 0.213. The molecule has 0 aliphatic heterocycles. The summed E-state index contributed by atoms with van der Waals surface area (Å²) in [6, 6.07) is 13.2. The second-order valence-electron chi connectivity index (χ2n) is 4.48. The van der Waals surface area contributed by atoms with Crippen molar-refractivity contribution in [3.05, 3.63) is 58.6 Å². The normalized spacial score (nSPS) is 10.4. The van der Waals surface area contributed by atoms with Gasteiger partial charge in [0.1, 0.15) is 0 Å². The molecule has 21 heavy (non-hydrogen) atoms. The zero-order valence-electron chi connectivity index (χ0n) is 11.3. The molecule has 6 heteroatoms. The molecule has 0 saturated carbocycles. The molecule has 0 atom stereocenters. The van der Waals surface area contributed by atoms with Crippen molar-refractivity contribution in [2.75, 3.05) is 5.73 Å². The lowest BCUT2D eigenvalue weighted by Gasteiger charge is -2.10. The van der Waals surface area contributed by atoms with Crippen LogP contribution in [0.2, 0.25) is 5.02 Å². The van der Waals surface area contributed by atoms with Crippen molar-refractivity contribution in [1.29, 1.82) is 0 Å². The van der Waals surface area contributed by atoms with E-state index in [-0.39, 0.29) is 12.3 Å². The number of nitrogen functional groups attached to an aromatic ring is 1. The van der Waals surface area contributed by atoms with Crippen molar-refractivity contribution in [2.24, 2.45) is 5.84 Å². The molecule has 1 amide bonds. The highest BCUT2D eigenvalue weighted by Crippen LogP contribution is 2.31. The predicted molar refractivity (Wildman–Crippen MR) is 87.9 cm³/mol. The Morgan fingerprint density at radius 2 is 1.90 bits per heavy atom. The van der Waals surface area contributed by atoms with E-state index in [4.69, 9.17) is 23.2 Å². The van der Waals surface area contributed by atoms with Crippen LogP contribution in [0.25, 0.3) is 0 Å². The molecule has 0 saturated heterocycles. The van der Waals surface area contributed by atoms with Crippen LogP contribution >= 0.6 is 23.4 Å². The number of hydrogen-bond acceptors (Lipinski definition) is 4. The van der Waals surface area contributed by atoms with Crippen molar-refractivity contribution >= 4 is 35.0 Å². The van der Waals surface area contributed by atoms with E-state index in [0.29, 0.717) is 16.5 Å². The summed E-state index contributed by atoms with van der Waals surface area (Å²) in [7, 11) is 0. The highest BCUT2D eigenvalue weighted by Gasteiger charge is 2.08. The van der Waals surface area contributed by atoms with E-state index in [2.05, 4.69) is 5.43 Å². The average Bonchev–Trinajstić information content (AvgIpc) is 2.49. The fourth-order valence-electron chi connectivity index (χ4n) is 1.88. The van der Waals surface area contributed by atoms with E-state index >= 15 is 0 Å². The SMILES string of the molecule is NNC(=O)Cc1ccccc1CSc1cc(Cl)ccc1N. The van der Waals surface area contributed by atoms with Gasteiger partial charge in [-0.25, -0.2) is 5.84 Å². The molecule has 2 aromatic carbocycles. The molecule has 0 aromatic heterocycles. The number of anilines is 1. The van der Waals surface area contributed by atoms with E-state index in [1.807, 2.05) is 30.3 Å². The minimum atomic E-state index is -0.213. The quantitative estimate of drug-likeness (QED) is 0.260. The maximum atomic E-state index is 11.4. The van der Waals surface area contributed by atoms with Gasteiger partial charge in [0.25, 0.3) is 0 Å². The molecule has 0 heterocycles. The largest absolute Gasteiger partial charge is 0.398 e. The molecule has 2 aromatic rings. The van der Waals surface area contributed by atoms with E-state index < -0.39 is 0 Å². The Balaban J connectivity index is 2.13. The van der Waals surface area contributed by atoms with Crippen LogP contribution in [-0.2, 0) is 17.0 Å². The van der Waals surface area contributed by atoms with Crippen LogP contribution in [0.15, 0.2) is 47.4 Å². The van der Waals surface area contributed by atoms with Crippen LogP contribution < -0.4 is 17.0 Å². The molecule has 4 nitrogen and oxygen atoms in total. The summed E-state index contributed by atoms with van der Waals surface area (Å²) in [5.74, 6) is 5.63. The third-order valence-corrected chi connectivity index (χ3v) is 4.34.